The van der Waals surface area contributed by atoms with Gasteiger partial charge in [-0.25, -0.2) is 8.42 Å². The second kappa shape index (κ2) is 7.63. The van der Waals surface area contributed by atoms with Crippen molar-refractivity contribution < 1.29 is 17.9 Å². The van der Waals surface area contributed by atoms with Crippen LogP contribution in [0.4, 0.5) is 0 Å². The lowest BCUT2D eigenvalue weighted by Crippen LogP contribution is -2.32. The molecule has 0 atom stereocenters. The predicted octanol–water partition coefficient (Wildman–Crippen LogP) is 3.42. The van der Waals surface area contributed by atoms with Crippen molar-refractivity contribution in [2.45, 2.75) is 10.8 Å². The van der Waals surface area contributed by atoms with E-state index < -0.39 is 16.0 Å². The predicted molar refractivity (Wildman–Crippen MR) is 90.4 cm³/mol. The van der Waals surface area contributed by atoms with E-state index in [0.717, 1.165) is 21.2 Å². The topological polar surface area (TPSA) is 63.7 Å². The first kappa shape index (κ1) is 18.2. The van der Waals surface area contributed by atoms with E-state index in [9.17, 15) is 13.2 Å². The summed E-state index contributed by atoms with van der Waals surface area (Å²) in [5, 5.41) is 0.584. The lowest BCUT2D eigenvalue weighted by Gasteiger charge is -2.15. The summed E-state index contributed by atoms with van der Waals surface area (Å²) in [4.78, 5) is 11.8. The highest BCUT2D eigenvalue weighted by Crippen LogP contribution is 2.27. The summed E-state index contributed by atoms with van der Waals surface area (Å²) >= 11 is 12.4. The van der Waals surface area contributed by atoms with Crippen molar-refractivity contribution in [3.63, 3.8) is 0 Å². The first-order chi connectivity index (χ1) is 10.8. The average Bonchev–Trinajstić information content (AvgIpc) is 2.94. The Morgan fingerprint density at radius 3 is 2.39 bits per heavy atom. The second-order valence-corrected chi connectivity index (χ2v) is 9.03. The molecule has 0 unspecified atom stereocenters. The third kappa shape index (κ3) is 4.92. The van der Waals surface area contributed by atoms with Crippen LogP contribution in [-0.4, -0.2) is 32.3 Å². The molecule has 5 nitrogen and oxygen atoms in total. The zero-order valence-corrected chi connectivity index (χ0v) is 15.2. The van der Waals surface area contributed by atoms with Gasteiger partial charge in [0, 0.05) is 12.1 Å². The van der Waals surface area contributed by atoms with Crippen LogP contribution in [0.25, 0.3) is 0 Å². The van der Waals surface area contributed by atoms with Gasteiger partial charge >= 0.3 is 5.97 Å². The average molecular weight is 394 g/mol. The number of hydrogen-bond donors (Lipinski definition) is 0. The number of nitrogens with zero attached hydrogens (tertiary/aromatic N) is 1. The minimum absolute atomic E-state index is 0.0503. The fourth-order valence-electron chi connectivity index (χ4n) is 1.65. The molecule has 0 saturated heterocycles. The van der Waals surface area contributed by atoms with Crippen LogP contribution in [0, 0.1) is 0 Å². The largest absolute Gasteiger partial charge is 0.460 e. The molecular weight excluding hydrogens is 381 g/mol. The number of esters is 1. The summed E-state index contributed by atoms with van der Waals surface area (Å²) in [6.45, 7) is -0.333. The maximum absolute atomic E-state index is 12.2. The Kier molecular flexibility index (Phi) is 6.05. The van der Waals surface area contributed by atoms with Gasteiger partial charge in [-0.1, -0.05) is 35.3 Å². The number of carbonyl (C=O) groups is 1. The third-order valence-electron chi connectivity index (χ3n) is 2.88. The van der Waals surface area contributed by atoms with Crippen LogP contribution in [0.2, 0.25) is 9.36 Å². The molecule has 1 aromatic heterocycles. The van der Waals surface area contributed by atoms with Gasteiger partial charge in [0.2, 0.25) is 0 Å². The van der Waals surface area contributed by atoms with E-state index in [4.69, 9.17) is 27.9 Å². The molecule has 0 N–H and O–H groups in total. The molecular formula is C14H13Cl2NO4S2. The monoisotopic (exact) mass is 393 g/mol. The maximum atomic E-state index is 12.2. The molecule has 0 bridgehead atoms. The molecule has 2 aromatic rings. The molecule has 0 radical (unpaired) electrons. The minimum Gasteiger partial charge on any atom is -0.460 e. The van der Waals surface area contributed by atoms with Gasteiger partial charge in [-0.15, -0.1) is 11.3 Å². The van der Waals surface area contributed by atoms with Crippen LogP contribution in [0.15, 0.2) is 40.6 Å². The minimum atomic E-state index is -3.75. The lowest BCUT2D eigenvalue weighted by molar-refractivity contribution is -0.144. The molecule has 0 aliphatic carbocycles. The van der Waals surface area contributed by atoms with Crippen molar-refractivity contribution >= 4 is 50.5 Å². The Balaban J connectivity index is 1.93. The Morgan fingerprint density at radius 2 is 1.83 bits per heavy atom. The number of halogens is 2. The Morgan fingerprint density at radius 1 is 1.17 bits per heavy atom. The van der Waals surface area contributed by atoms with Gasteiger partial charge in [-0.3, -0.25) is 4.79 Å². The van der Waals surface area contributed by atoms with E-state index in [1.807, 2.05) is 0 Å². The molecule has 0 amide bonds. The Hall–Kier alpha value is -1.12. The van der Waals surface area contributed by atoms with E-state index in [-0.39, 0.29) is 17.4 Å². The number of carbonyl (C=O) groups excluding carboxylic acids is 1. The Bertz CT molecular complexity index is 787. The summed E-state index contributed by atoms with van der Waals surface area (Å²) in [6.07, 6.45) is 0. The number of benzene rings is 1. The summed E-state index contributed by atoms with van der Waals surface area (Å²) in [6, 6.07) is 9.71. The molecule has 1 aromatic carbocycles. The summed E-state index contributed by atoms with van der Waals surface area (Å²) in [5.41, 5.74) is 0.762. The number of ether oxygens (including phenoxy) is 1. The molecule has 0 saturated carbocycles. The summed E-state index contributed by atoms with van der Waals surface area (Å²) in [5.74, 6) is -0.645. The molecule has 0 spiro atoms. The SMILES string of the molecule is CN(CC(=O)OCc1ccc(Cl)cc1)S(=O)(=O)c1ccc(Cl)s1. The normalized spacial score (nSPS) is 11.7. The van der Waals surface area contributed by atoms with Crippen LogP contribution in [0.1, 0.15) is 5.56 Å². The molecule has 124 valence electrons. The van der Waals surface area contributed by atoms with Crippen LogP contribution < -0.4 is 0 Å². The number of thiophene rings is 1. The number of likely N-dealkylation sites (N-methyl/N-ethyl adjacent to an activating group) is 1. The molecule has 0 aliphatic rings. The maximum Gasteiger partial charge on any atom is 0.321 e. The van der Waals surface area contributed by atoms with E-state index in [1.165, 1.54) is 19.2 Å². The van der Waals surface area contributed by atoms with E-state index in [1.54, 1.807) is 24.3 Å². The van der Waals surface area contributed by atoms with Gasteiger partial charge < -0.3 is 4.74 Å². The van der Waals surface area contributed by atoms with Crippen molar-refractivity contribution in [1.82, 2.24) is 4.31 Å². The lowest BCUT2D eigenvalue weighted by atomic mass is 10.2. The molecule has 0 aliphatic heterocycles. The van der Waals surface area contributed by atoms with Crippen molar-refractivity contribution in [1.29, 1.82) is 0 Å². The summed E-state index contributed by atoms with van der Waals surface area (Å²) < 4.78 is 30.9. The van der Waals surface area contributed by atoms with Crippen LogP contribution in [-0.2, 0) is 26.2 Å². The first-order valence-electron chi connectivity index (χ1n) is 6.41. The van der Waals surface area contributed by atoms with Crippen molar-refractivity contribution in [3.05, 3.63) is 51.3 Å². The summed E-state index contributed by atoms with van der Waals surface area (Å²) in [7, 11) is -2.44. The zero-order valence-electron chi connectivity index (χ0n) is 12.0. The van der Waals surface area contributed by atoms with E-state index in [0.29, 0.717) is 9.36 Å². The molecule has 23 heavy (non-hydrogen) atoms. The number of sulfonamides is 1. The molecule has 1 heterocycles. The van der Waals surface area contributed by atoms with Crippen LogP contribution >= 0.6 is 34.5 Å². The second-order valence-electron chi connectivity index (χ2n) is 4.61. The molecule has 0 fully saturated rings. The van der Waals surface area contributed by atoms with Gasteiger partial charge in [0.15, 0.2) is 0 Å². The highest BCUT2D eigenvalue weighted by atomic mass is 35.5. The smallest absolute Gasteiger partial charge is 0.321 e. The van der Waals surface area contributed by atoms with Gasteiger partial charge in [0.1, 0.15) is 17.4 Å². The standard InChI is InChI=1S/C14H13Cl2NO4S2/c1-17(23(19,20)14-7-6-12(16)22-14)8-13(18)21-9-10-2-4-11(15)5-3-10/h2-7H,8-9H2,1H3. The van der Waals surface area contributed by atoms with Gasteiger partial charge in [0.05, 0.1) is 4.34 Å². The number of rotatable bonds is 6. The van der Waals surface area contributed by atoms with Gasteiger partial charge in [-0.05, 0) is 29.8 Å². The van der Waals surface area contributed by atoms with Gasteiger partial charge in [-0.2, -0.15) is 4.31 Å². The Labute approximate surface area is 148 Å². The molecule has 9 heteroatoms. The van der Waals surface area contributed by atoms with Gasteiger partial charge in [0.25, 0.3) is 10.0 Å². The quantitative estimate of drug-likeness (QED) is 0.705. The third-order valence-corrected chi connectivity index (χ3v) is 6.63. The van der Waals surface area contributed by atoms with E-state index >= 15 is 0 Å². The fraction of sp³-hybridized carbons (Fsp3) is 0.214. The zero-order chi connectivity index (χ0) is 17.0. The fourth-order valence-corrected chi connectivity index (χ4v) is 4.58. The highest BCUT2D eigenvalue weighted by Gasteiger charge is 2.25. The first-order valence-corrected chi connectivity index (χ1v) is 9.42. The van der Waals surface area contributed by atoms with Crippen molar-refractivity contribution in [2.75, 3.05) is 13.6 Å². The highest BCUT2D eigenvalue weighted by molar-refractivity contribution is 7.91. The number of hydrogen-bond acceptors (Lipinski definition) is 5. The van der Waals surface area contributed by atoms with E-state index in [2.05, 4.69) is 0 Å². The van der Waals surface area contributed by atoms with Crippen LogP contribution in [0.5, 0.6) is 0 Å². The van der Waals surface area contributed by atoms with Crippen molar-refractivity contribution in [3.8, 4) is 0 Å². The van der Waals surface area contributed by atoms with Crippen LogP contribution in [0.3, 0.4) is 0 Å². The van der Waals surface area contributed by atoms with Crippen molar-refractivity contribution in [2.24, 2.45) is 0 Å². The molecule has 2 rings (SSSR count).